The molecule has 1 atom stereocenters. The molecule has 1 aliphatic heterocycles. The molecule has 1 aliphatic carbocycles. The normalized spacial score (nSPS) is 27.2. The van der Waals surface area contributed by atoms with Gasteiger partial charge in [-0.05, 0) is 32.6 Å². The minimum Gasteiger partial charge on any atom is -0.391 e. The third kappa shape index (κ3) is 2.41. The molecular weight excluding hydrogens is 202 g/mol. The van der Waals surface area contributed by atoms with Crippen molar-refractivity contribution in [1.82, 2.24) is 4.90 Å². The quantitative estimate of drug-likeness (QED) is 0.795. The molecule has 1 N–H and O–H groups in total. The van der Waals surface area contributed by atoms with Crippen LogP contribution in [0.1, 0.15) is 39.5 Å². The van der Waals surface area contributed by atoms with Gasteiger partial charge in [0.15, 0.2) is 0 Å². The van der Waals surface area contributed by atoms with Crippen molar-refractivity contribution in [2.45, 2.75) is 51.2 Å². The zero-order chi connectivity index (χ0) is 11.6. The summed E-state index contributed by atoms with van der Waals surface area (Å²) in [6.07, 6.45) is 4.80. The lowest BCUT2D eigenvalue weighted by Gasteiger charge is -2.45. The van der Waals surface area contributed by atoms with Crippen LogP contribution in [0.4, 0.5) is 0 Å². The van der Waals surface area contributed by atoms with Crippen LogP contribution in [0.2, 0.25) is 0 Å². The molecule has 0 aromatic carbocycles. The molecular formula is C13H25NO2. The first-order chi connectivity index (χ1) is 7.62. The van der Waals surface area contributed by atoms with Crippen LogP contribution >= 0.6 is 0 Å². The van der Waals surface area contributed by atoms with E-state index in [1.165, 1.54) is 25.7 Å². The molecule has 3 heteroatoms. The molecule has 0 aromatic heterocycles. The summed E-state index contributed by atoms with van der Waals surface area (Å²) in [5, 5.41) is 10.5. The SMILES string of the molecule is CC(C)(C(O)C1CCCC1)N1CCOCC1. The maximum Gasteiger partial charge on any atom is 0.0746 e. The molecule has 0 radical (unpaired) electrons. The Morgan fingerprint density at radius 3 is 2.31 bits per heavy atom. The van der Waals surface area contributed by atoms with E-state index < -0.39 is 0 Å². The molecule has 2 fully saturated rings. The summed E-state index contributed by atoms with van der Waals surface area (Å²) in [5.41, 5.74) is -0.0984. The van der Waals surface area contributed by atoms with Gasteiger partial charge in [-0.25, -0.2) is 0 Å². The topological polar surface area (TPSA) is 32.7 Å². The highest BCUT2D eigenvalue weighted by atomic mass is 16.5. The molecule has 1 saturated heterocycles. The number of hydrogen-bond donors (Lipinski definition) is 1. The molecule has 3 nitrogen and oxygen atoms in total. The standard InChI is InChI=1S/C13H25NO2/c1-13(2,14-7-9-16-10-8-14)12(15)11-5-3-4-6-11/h11-12,15H,3-10H2,1-2H3. The van der Waals surface area contributed by atoms with Gasteiger partial charge in [0.05, 0.1) is 19.3 Å². The van der Waals surface area contributed by atoms with Crippen LogP contribution in [-0.4, -0.2) is 48.0 Å². The molecule has 0 bridgehead atoms. The van der Waals surface area contributed by atoms with E-state index in [1.54, 1.807) is 0 Å². The van der Waals surface area contributed by atoms with Crippen molar-refractivity contribution in [3.63, 3.8) is 0 Å². The third-order valence-electron chi connectivity index (χ3n) is 4.40. The molecule has 2 aliphatic rings. The van der Waals surface area contributed by atoms with E-state index in [0.29, 0.717) is 5.92 Å². The molecule has 0 spiro atoms. The molecule has 1 unspecified atom stereocenters. The average molecular weight is 227 g/mol. The predicted molar refractivity (Wildman–Crippen MR) is 64.4 cm³/mol. The average Bonchev–Trinajstić information content (AvgIpc) is 2.82. The van der Waals surface area contributed by atoms with Crippen molar-refractivity contribution in [3.8, 4) is 0 Å². The summed E-state index contributed by atoms with van der Waals surface area (Å²) in [6.45, 7) is 7.89. The Balaban J connectivity index is 1.98. The Hall–Kier alpha value is -0.120. The summed E-state index contributed by atoms with van der Waals surface area (Å²) in [5.74, 6) is 0.512. The second-order valence-corrected chi connectivity index (χ2v) is 5.74. The summed E-state index contributed by atoms with van der Waals surface area (Å²) >= 11 is 0. The van der Waals surface area contributed by atoms with E-state index in [0.717, 1.165) is 26.3 Å². The largest absolute Gasteiger partial charge is 0.391 e. The van der Waals surface area contributed by atoms with Crippen LogP contribution in [0.5, 0.6) is 0 Å². The molecule has 16 heavy (non-hydrogen) atoms. The first-order valence-electron chi connectivity index (χ1n) is 6.63. The Morgan fingerprint density at radius 2 is 1.75 bits per heavy atom. The lowest BCUT2D eigenvalue weighted by molar-refractivity contribution is -0.0793. The van der Waals surface area contributed by atoms with Crippen molar-refractivity contribution < 1.29 is 9.84 Å². The van der Waals surface area contributed by atoms with Crippen LogP contribution in [0.3, 0.4) is 0 Å². The zero-order valence-electron chi connectivity index (χ0n) is 10.6. The fraction of sp³-hybridized carbons (Fsp3) is 1.00. The van der Waals surface area contributed by atoms with Gasteiger partial charge in [-0.2, -0.15) is 0 Å². The van der Waals surface area contributed by atoms with E-state index in [4.69, 9.17) is 4.74 Å². The number of morpholine rings is 1. The second kappa shape index (κ2) is 5.03. The highest BCUT2D eigenvalue weighted by molar-refractivity contribution is 4.94. The van der Waals surface area contributed by atoms with E-state index in [-0.39, 0.29) is 11.6 Å². The number of aliphatic hydroxyl groups is 1. The van der Waals surface area contributed by atoms with Crippen LogP contribution in [0.15, 0.2) is 0 Å². The Morgan fingerprint density at radius 1 is 1.19 bits per heavy atom. The van der Waals surface area contributed by atoms with Crippen molar-refractivity contribution in [2.24, 2.45) is 5.92 Å². The Bertz CT molecular complexity index is 218. The summed E-state index contributed by atoms with van der Waals surface area (Å²) in [6, 6.07) is 0. The van der Waals surface area contributed by atoms with Gasteiger partial charge in [0.25, 0.3) is 0 Å². The van der Waals surface area contributed by atoms with Gasteiger partial charge in [0.1, 0.15) is 0 Å². The minimum absolute atomic E-state index is 0.0984. The number of hydrogen-bond acceptors (Lipinski definition) is 3. The minimum atomic E-state index is -0.187. The molecule has 1 saturated carbocycles. The summed E-state index contributed by atoms with van der Waals surface area (Å²) in [4.78, 5) is 2.39. The van der Waals surface area contributed by atoms with E-state index in [2.05, 4.69) is 18.7 Å². The predicted octanol–water partition coefficient (Wildman–Crippen LogP) is 1.65. The third-order valence-corrected chi connectivity index (χ3v) is 4.40. The summed E-state index contributed by atoms with van der Waals surface area (Å²) in [7, 11) is 0. The first kappa shape index (κ1) is 12.3. The van der Waals surface area contributed by atoms with Crippen molar-refractivity contribution in [3.05, 3.63) is 0 Å². The second-order valence-electron chi connectivity index (χ2n) is 5.74. The number of nitrogens with zero attached hydrogens (tertiary/aromatic N) is 1. The van der Waals surface area contributed by atoms with Crippen LogP contribution in [0, 0.1) is 5.92 Å². The maximum atomic E-state index is 10.5. The summed E-state index contributed by atoms with van der Waals surface area (Å²) < 4.78 is 5.38. The maximum absolute atomic E-state index is 10.5. The van der Waals surface area contributed by atoms with Gasteiger partial charge < -0.3 is 9.84 Å². The smallest absolute Gasteiger partial charge is 0.0746 e. The van der Waals surface area contributed by atoms with Crippen LogP contribution in [0.25, 0.3) is 0 Å². The van der Waals surface area contributed by atoms with Gasteiger partial charge in [0.2, 0.25) is 0 Å². The van der Waals surface area contributed by atoms with Crippen LogP contribution in [-0.2, 0) is 4.74 Å². The fourth-order valence-electron chi connectivity index (χ4n) is 3.18. The van der Waals surface area contributed by atoms with Gasteiger partial charge in [0, 0.05) is 18.6 Å². The number of ether oxygens (including phenoxy) is 1. The lowest BCUT2D eigenvalue weighted by atomic mass is 9.84. The van der Waals surface area contributed by atoms with E-state index >= 15 is 0 Å². The first-order valence-corrected chi connectivity index (χ1v) is 6.63. The highest BCUT2D eigenvalue weighted by Crippen LogP contribution is 2.34. The van der Waals surface area contributed by atoms with Crippen LogP contribution < -0.4 is 0 Å². The molecule has 0 aromatic rings. The Labute approximate surface area is 98.8 Å². The van der Waals surface area contributed by atoms with Crippen molar-refractivity contribution in [2.75, 3.05) is 26.3 Å². The number of aliphatic hydroxyl groups excluding tert-OH is 1. The van der Waals surface area contributed by atoms with Gasteiger partial charge in [-0.15, -0.1) is 0 Å². The zero-order valence-corrected chi connectivity index (χ0v) is 10.6. The molecule has 1 heterocycles. The highest BCUT2D eigenvalue weighted by Gasteiger charge is 2.40. The molecule has 94 valence electrons. The fourth-order valence-corrected chi connectivity index (χ4v) is 3.18. The van der Waals surface area contributed by atoms with Gasteiger partial charge >= 0.3 is 0 Å². The monoisotopic (exact) mass is 227 g/mol. The molecule has 2 rings (SSSR count). The van der Waals surface area contributed by atoms with E-state index in [9.17, 15) is 5.11 Å². The number of rotatable bonds is 3. The molecule has 0 amide bonds. The van der Waals surface area contributed by atoms with Gasteiger partial charge in [-0.3, -0.25) is 4.90 Å². The van der Waals surface area contributed by atoms with Gasteiger partial charge in [-0.1, -0.05) is 12.8 Å². The van der Waals surface area contributed by atoms with Crippen molar-refractivity contribution in [1.29, 1.82) is 0 Å². The Kier molecular flexibility index (Phi) is 3.88. The van der Waals surface area contributed by atoms with E-state index in [1.807, 2.05) is 0 Å². The van der Waals surface area contributed by atoms with Crippen molar-refractivity contribution >= 4 is 0 Å². The lowest BCUT2D eigenvalue weighted by Crippen LogP contribution is -2.57.